The van der Waals surface area contributed by atoms with Crippen LogP contribution in [0, 0.1) is 6.92 Å². The fourth-order valence-corrected chi connectivity index (χ4v) is 2.81. The number of benzene rings is 1. The Labute approximate surface area is 128 Å². The molecule has 1 aromatic carbocycles. The van der Waals surface area contributed by atoms with Crippen LogP contribution in [-0.4, -0.2) is 17.1 Å². The van der Waals surface area contributed by atoms with Crippen molar-refractivity contribution in [3.8, 4) is 0 Å². The van der Waals surface area contributed by atoms with Crippen LogP contribution in [0.5, 0.6) is 0 Å². The number of anilines is 1. The normalized spacial score (nSPS) is 12.2. The lowest BCUT2D eigenvalue weighted by atomic mass is 10.1. The van der Waals surface area contributed by atoms with Gasteiger partial charge >= 0.3 is 0 Å². The van der Waals surface area contributed by atoms with Gasteiger partial charge in [0.1, 0.15) is 0 Å². The summed E-state index contributed by atoms with van der Waals surface area (Å²) >= 11 is 3.51. The molecule has 0 bridgehead atoms. The molecule has 0 spiro atoms. The van der Waals surface area contributed by atoms with Gasteiger partial charge in [-0.05, 0) is 43.7 Å². The Balaban J connectivity index is 2.17. The Morgan fingerprint density at radius 1 is 1.30 bits per heavy atom. The van der Waals surface area contributed by atoms with Crippen LogP contribution in [-0.2, 0) is 6.54 Å². The molecule has 0 saturated heterocycles. The van der Waals surface area contributed by atoms with E-state index in [-0.39, 0.29) is 0 Å². The molecule has 0 radical (unpaired) electrons. The molecule has 1 aromatic heterocycles. The number of halogens is 1. The maximum Gasteiger partial charge on any atom is 0.0772 e. The van der Waals surface area contributed by atoms with E-state index in [9.17, 15) is 5.11 Å². The molecule has 2 rings (SSSR count). The Morgan fingerprint density at radius 3 is 2.65 bits per heavy atom. The number of hydrogen-bond acceptors (Lipinski definition) is 3. The zero-order valence-electron chi connectivity index (χ0n) is 12.0. The second-order valence-electron chi connectivity index (χ2n) is 5.01. The predicted octanol–water partition coefficient (Wildman–Crippen LogP) is 3.84. The molecule has 0 aliphatic carbocycles. The fraction of sp³-hybridized carbons (Fsp3) is 0.312. The van der Waals surface area contributed by atoms with Crippen molar-refractivity contribution >= 4 is 21.6 Å². The van der Waals surface area contributed by atoms with Crippen LogP contribution < -0.4 is 4.90 Å². The number of rotatable bonds is 4. The Bertz CT molecular complexity index is 599. The van der Waals surface area contributed by atoms with Crippen molar-refractivity contribution < 1.29 is 5.11 Å². The average molecular weight is 335 g/mol. The number of aliphatic hydroxyl groups is 1. The second kappa shape index (κ2) is 6.37. The van der Waals surface area contributed by atoms with E-state index in [1.54, 1.807) is 6.92 Å². The van der Waals surface area contributed by atoms with E-state index in [2.05, 4.69) is 25.8 Å². The molecule has 1 heterocycles. The molecule has 20 heavy (non-hydrogen) atoms. The maximum absolute atomic E-state index is 9.65. The molecule has 0 aliphatic heterocycles. The first-order chi connectivity index (χ1) is 9.47. The third kappa shape index (κ3) is 3.58. The van der Waals surface area contributed by atoms with E-state index < -0.39 is 6.10 Å². The first-order valence-corrected chi connectivity index (χ1v) is 7.38. The second-order valence-corrected chi connectivity index (χ2v) is 5.86. The third-order valence-corrected chi connectivity index (χ3v) is 3.91. The minimum absolute atomic E-state index is 0.470. The van der Waals surface area contributed by atoms with Crippen molar-refractivity contribution in [3.05, 3.63) is 57.8 Å². The summed E-state index contributed by atoms with van der Waals surface area (Å²) in [4.78, 5) is 6.65. The molecule has 1 atom stereocenters. The van der Waals surface area contributed by atoms with Gasteiger partial charge in [-0.15, -0.1) is 0 Å². The lowest BCUT2D eigenvalue weighted by Gasteiger charge is -2.20. The molecule has 3 nitrogen and oxygen atoms in total. The molecule has 0 amide bonds. The Kier molecular flexibility index (Phi) is 4.78. The van der Waals surface area contributed by atoms with E-state index in [4.69, 9.17) is 0 Å². The largest absolute Gasteiger partial charge is 0.389 e. The van der Waals surface area contributed by atoms with Gasteiger partial charge in [-0.3, -0.25) is 4.98 Å². The number of aliphatic hydroxyl groups excluding tert-OH is 1. The molecule has 0 saturated carbocycles. The molecule has 0 unspecified atom stereocenters. The summed E-state index contributed by atoms with van der Waals surface area (Å²) in [6.45, 7) is 4.51. The van der Waals surface area contributed by atoms with Gasteiger partial charge in [0.25, 0.3) is 0 Å². The van der Waals surface area contributed by atoms with E-state index in [1.807, 2.05) is 50.4 Å². The molecule has 2 aromatic rings. The van der Waals surface area contributed by atoms with Crippen molar-refractivity contribution in [2.24, 2.45) is 0 Å². The van der Waals surface area contributed by atoms with Gasteiger partial charge in [0, 0.05) is 22.9 Å². The lowest BCUT2D eigenvalue weighted by molar-refractivity contribution is 0.198. The summed E-state index contributed by atoms with van der Waals surface area (Å²) < 4.78 is 0.925. The predicted molar refractivity (Wildman–Crippen MR) is 85.9 cm³/mol. The van der Waals surface area contributed by atoms with Crippen LogP contribution in [0.2, 0.25) is 0 Å². The van der Waals surface area contributed by atoms with Crippen LogP contribution in [0.25, 0.3) is 0 Å². The number of hydrogen-bond donors (Lipinski definition) is 1. The van der Waals surface area contributed by atoms with E-state index in [0.717, 1.165) is 33.7 Å². The number of nitrogens with zero attached hydrogens (tertiary/aromatic N) is 2. The van der Waals surface area contributed by atoms with Crippen LogP contribution in [0.4, 0.5) is 5.69 Å². The van der Waals surface area contributed by atoms with Crippen LogP contribution >= 0.6 is 15.9 Å². The summed E-state index contributed by atoms with van der Waals surface area (Å²) in [6.07, 6.45) is -0.470. The highest BCUT2D eigenvalue weighted by atomic mass is 79.9. The molecule has 4 heteroatoms. The summed E-state index contributed by atoms with van der Waals surface area (Å²) in [5.74, 6) is 0. The van der Waals surface area contributed by atoms with Gasteiger partial charge in [0.15, 0.2) is 0 Å². The maximum atomic E-state index is 9.65. The lowest BCUT2D eigenvalue weighted by Crippen LogP contribution is -2.17. The first kappa shape index (κ1) is 15.0. The van der Waals surface area contributed by atoms with Crippen LogP contribution in [0.15, 0.2) is 40.9 Å². The zero-order valence-corrected chi connectivity index (χ0v) is 13.6. The zero-order chi connectivity index (χ0) is 14.7. The highest BCUT2D eigenvalue weighted by Gasteiger charge is 2.09. The third-order valence-electron chi connectivity index (χ3n) is 3.22. The smallest absolute Gasteiger partial charge is 0.0772 e. The van der Waals surface area contributed by atoms with Gasteiger partial charge in [-0.1, -0.05) is 28.1 Å². The van der Waals surface area contributed by atoms with E-state index in [1.165, 1.54) is 0 Å². The van der Waals surface area contributed by atoms with Gasteiger partial charge in [-0.25, -0.2) is 0 Å². The summed E-state index contributed by atoms with van der Waals surface area (Å²) in [5.41, 5.74) is 4.06. The molecular formula is C16H19BrN2O. The quantitative estimate of drug-likeness (QED) is 0.922. The average Bonchev–Trinajstić information content (AvgIpc) is 2.38. The van der Waals surface area contributed by atoms with Crippen LogP contribution in [0.1, 0.15) is 30.0 Å². The molecule has 106 valence electrons. The molecular weight excluding hydrogens is 316 g/mol. The first-order valence-electron chi connectivity index (χ1n) is 6.58. The number of pyridine rings is 1. The van der Waals surface area contributed by atoms with Gasteiger partial charge < -0.3 is 10.0 Å². The standard InChI is InChI=1S/C16H19BrN2O/c1-11-5-4-6-13(18-11)10-19(3)14-7-8-15(12(2)20)16(17)9-14/h4-9,12,20H,10H2,1-3H3/t12-/m0/s1. The summed E-state index contributed by atoms with van der Waals surface area (Å²) in [6, 6.07) is 12.0. The van der Waals surface area contributed by atoms with Crippen molar-refractivity contribution in [1.82, 2.24) is 4.98 Å². The van der Waals surface area contributed by atoms with Gasteiger partial charge in [0.2, 0.25) is 0 Å². The molecule has 0 fully saturated rings. The fourth-order valence-electron chi connectivity index (χ4n) is 2.11. The molecule has 0 aliphatic rings. The van der Waals surface area contributed by atoms with Crippen molar-refractivity contribution in [1.29, 1.82) is 0 Å². The highest BCUT2D eigenvalue weighted by molar-refractivity contribution is 9.10. The highest BCUT2D eigenvalue weighted by Crippen LogP contribution is 2.28. The minimum Gasteiger partial charge on any atom is -0.389 e. The summed E-state index contributed by atoms with van der Waals surface area (Å²) in [5, 5.41) is 9.65. The monoisotopic (exact) mass is 334 g/mol. The summed E-state index contributed by atoms with van der Waals surface area (Å²) in [7, 11) is 2.04. The Morgan fingerprint density at radius 2 is 2.05 bits per heavy atom. The van der Waals surface area contributed by atoms with Gasteiger partial charge in [-0.2, -0.15) is 0 Å². The Hall–Kier alpha value is -1.39. The van der Waals surface area contributed by atoms with Crippen LogP contribution in [0.3, 0.4) is 0 Å². The number of aromatic nitrogens is 1. The van der Waals surface area contributed by atoms with Crippen molar-refractivity contribution in [2.45, 2.75) is 26.5 Å². The molecule has 1 N–H and O–H groups in total. The van der Waals surface area contributed by atoms with E-state index >= 15 is 0 Å². The minimum atomic E-state index is -0.470. The SMILES string of the molecule is Cc1cccc(CN(C)c2ccc([C@H](C)O)c(Br)c2)n1. The van der Waals surface area contributed by atoms with E-state index in [0.29, 0.717) is 0 Å². The van der Waals surface area contributed by atoms with Crippen molar-refractivity contribution in [2.75, 3.05) is 11.9 Å². The topological polar surface area (TPSA) is 36.4 Å². The van der Waals surface area contributed by atoms with Crippen molar-refractivity contribution in [3.63, 3.8) is 0 Å². The number of aryl methyl sites for hydroxylation is 1. The van der Waals surface area contributed by atoms with Gasteiger partial charge in [0.05, 0.1) is 18.3 Å².